The quantitative estimate of drug-likeness (QED) is 0.0169. The second-order valence-corrected chi connectivity index (χ2v) is 31.0. The Balaban J connectivity index is 5.40. The first-order chi connectivity index (χ1) is 50.7. The molecule has 0 amide bonds. The number of phosphoric acid groups is 2. The van der Waals surface area contributed by atoms with Crippen molar-refractivity contribution in [2.24, 2.45) is 0 Å². The number of unbranched alkanes of at least 4 members (excludes halogenated alkanes) is 39. The maximum absolute atomic E-state index is 13.1. The van der Waals surface area contributed by atoms with Gasteiger partial charge in [-0.05, 0) is 89.9 Å². The molecule has 17 nitrogen and oxygen atoms in total. The molecule has 0 aliphatic carbocycles. The van der Waals surface area contributed by atoms with Gasteiger partial charge in [-0.2, -0.15) is 0 Å². The van der Waals surface area contributed by atoms with E-state index in [-0.39, 0.29) is 25.7 Å². The summed E-state index contributed by atoms with van der Waals surface area (Å²) >= 11 is 0. The van der Waals surface area contributed by atoms with Gasteiger partial charge in [-0.15, -0.1) is 0 Å². The molecule has 0 saturated carbocycles. The highest BCUT2D eigenvalue weighted by Gasteiger charge is 2.30. The Kier molecular flexibility index (Phi) is 74.6. The fraction of sp³-hybridized carbons (Fsp3) is 0.788. The Morgan fingerprint density at radius 2 is 0.519 bits per heavy atom. The minimum absolute atomic E-state index is 0.0290. The van der Waals surface area contributed by atoms with Gasteiger partial charge in [0.25, 0.3) is 0 Å². The van der Waals surface area contributed by atoms with Crippen LogP contribution in [0.2, 0.25) is 0 Å². The van der Waals surface area contributed by atoms with Crippen LogP contribution in [0.5, 0.6) is 0 Å². The predicted octanol–water partition coefficient (Wildman–Crippen LogP) is 24.6. The van der Waals surface area contributed by atoms with Gasteiger partial charge in [-0.1, -0.05) is 344 Å². The van der Waals surface area contributed by atoms with Crippen LogP contribution < -0.4 is 0 Å². The Hall–Kier alpha value is -3.76. The fourth-order valence-corrected chi connectivity index (χ4v) is 13.1. The monoisotopic (exact) mass is 1510 g/mol. The molecule has 3 N–H and O–H groups in total. The van der Waals surface area contributed by atoms with Crippen LogP contribution >= 0.6 is 15.6 Å². The van der Waals surface area contributed by atoms with Crippen LogP contribution in [-0.2, 0) is 65.4 Å². The average molecular weight is 1510 g/mol. The lowest BCUT2D eigenvalue weighted by molar-refractivity contribution is -0.161. The fourth-order valence-electron chi connectivity index (χ4n) is 11.5. The summed E-state index contributed by atoms with van der Waals surface area (Å²) in [5.41, 5.74) is 0. The lowest BCUT2D eigenvalue weighted by atomic mass is 10.0. The van der Waals surface area contributed by atoms with E-state index in [2.05, 4.69) is 94.5 Å². The topological polar surface area (TPSA) is 237 Å². The molecule has 0 radical (unpaired) electrons. The lowest BCUT2D eigenvalue weighted by Gasteiger charge is -2.21. The van der Waals surface area contributed by atoms with E-state index >= 15 is 0 Å². The number of ether oxygens (including phenoxy) is 4. The number of hydrogen-bond donors (Lipinski definition) is 3. The van der Waals surface area contributed by atoms with Crippen LogP contribution in [0, 0.1) is 0 Å². The van der Waals surface area contributed by atoms with E-state index in [1.54, 1.807) is 0 Å². The third-order valence-corrected chi connectivity index (χ3v) is 19.8. The Bertz CT molecular complexity index is 2300. The van der Waals surface area contributed by atoms with Crippen molar-refractivity contribution in [3.05, 3.63) is 85.1 Å². The number of aliphatic hydroxyl groups is 1. The summed E-state index contributed by atoms with van der Waals surface area (Å²) in [4.78, 5) is 73.1. The summed E-state index contributed by atoms with van der Waals surface area (Å²) in [6, 6.07) is 0. The number of hydrogen-bond acceptors (Lipinski definition) is 15. The van der Waals surface area contributed by atoms with Crippen molar-refractivity contribution in [2.45, 2.75) is 393 Å². The first-order valence-electron chi connectivity index (χ1n) is 41.8. The Morgan fingerprint density at radius 1 is 0.279 bits per heavy atom. The van der Waals surface area contributed by atoms with Gasteiger partial charge in [-0.25, -0.2) is 9.13 Å². The van der Waals surface area contributed by atoms with E-state index in [4.69, 9.17) is 37.0 Å². The number of carbonyl (C=O) groups excluding carboxylic acids is 4. The number of rotatable bonds is 79. The first-order valence-corrected chi connectivity index (χ1v) is 44.8. The largest absolute Gasteiger partial charge is 0.472 e. The molecule has 0 bridgehead atoms. The smallest absolute Gasteiger partial charge is 0.462 e. The average Bonchev–Trinajstić information content (AvgIpc) is 0.943. The molecule has 0 aromatic carbocycles. The molecule has 5 atom stereocenters. The molecule has 2 unspecified atom stereocenters. The van der Waals surface area contributed by atoms with E-state index in [1.807, 2.05) is 18.2 Å². The minimum atomic E-state index is -5.00. The first kappa shape index (κ1) is 100. The van der Waals surface area contributed by atoms with Crippen LogP contribution in [0.15, 0.2) is 85.1 Å². The Morgan fingerprint density at radius 3 is 0.837 bits per heavy atom. The normalized spacial score (nSPS) is 14.3. The zero-order valence-corrected chi connectivity index (χ0v) is 68.0. The molecule has 0 rings (SSSR count). The number of phosphoric ester groups is 2. The summed E-state index contributed by atoms with van der Waals surface area (Å²) in [5, 5.41) is 10.7. The standard InChI is InChI=1S/C85H152O17P2/c1-5-9-13-17-21-25-29-33-37-38-39-40-44-48-52-56-60-64-68-72-85(90)102-81(76-96-83(88)70-66-62-58-54-50-46-42-35-31-27-23-19-15-11-7-3)78-100-104(93,94)98-74-79(86)73-97-103(91,92)99-77-80(101-84(89)71-67-63-59-55-51-47-43-36-32-28-24-20-16-12-8-4)75-95-82(87)69-65-61-57-53-49-45-41-34-30-26-22-18-14-10-6-2/h9,13,21,25,27,31,33,37,39-40,48,52,60,64,79-81,86H,5-8,10-12,14-20,22-24,26,28-30,32,34-36,38,41-47,49-51,53-59,61-63,65-78H2,1-4H3,(H,91,92)(H,93,94)/b13-9-,25-21-,31-27-,37-33-,40-39-,52-48-,64-60-/t79-,80+,81+/m0/s1. The molecular weight excluding hydrogens is 1350 g/mol. The number of esters is 4. The number of carbonyl (C=O) groups is 4. The lowest BCUT2D eigenvalue weighted by Crippen LogP contribution is -2.30. The molecule has 0 spiro atoms. The van der Waals surface area contributed by atoms with Crippen molar-refractivity contribution in [1.82, 2.24) is 0 Å². The van der Waals surface area contributed by atoms with Crippen molar-refractivity contribution in [2.75, 3.05) is 39.6 Å². The highest BCUT2D eigenvalue weighted by Crippen LogP contribution is 2.45. The predicted molar refractivity (Wildman–Crippen MR) is 427 cm³/mol. The third kappa shape index (κ3) is 76.4. The van der Waals surface area contributed by atoms with Crippen molar-refractivity contribution >= 4 is 39.5 Å². The van der Waals surface area contributed by atoms with Gasteiger partial charge in [0.05, 0.1) is 26.4 Å². The van der Waals surface area contributed by atoms with Gasteiger partial charge in [-0.3, -0.25) is 37.3 Å². The van der Waals surface area contributed by atoms with Crippen molar-refractivity contribution < 1.29 is 80.2 Å². The molecule has 604 valence electrons. The van der Waals surface area contributed by atoms with E-state index in [1.165, 1.54) is 173 Å². The zero-order chi connectivity index (χ0) is 76.0. The second-order valence-electron chi connectivity index (χ2n) is 28.1. The van der Waals surface area contributed by atoms with Crippen LogP contribution in [0.25, 0.3) is 0 Å². The van der Waals surface area contributed by atoms with Crippen LogP contribution in [-0.4, -0.2) is 96.7 Å². The van der Waals surface area contributed by atoms with Crippen LogP contribution in [0.4, 0.5) is 0 Å². The van der Waals surface area contributed by atoms with E-state index in [0.29, 0.717) is 32.1 Å². The van der Waals surface area contributed by atoms with Crippen LogP contribution in [0.3, 0.4) is 0 Å². The molecule has 0 aromatic rings. The molecule has 0 fully saturated rings. The zero-order valence-electron chi connectivity index (χ0n) is 66.2. The maximum Gasteiger partial charge on any atom is 0.472 e. The summed E-state index contributed by atoms with van der Waals surface area (Å²) in [6.45, 7) is 4.74. The molecule has 0 saturated heterocycles. The second kappa shape index (κ2) is 77.4. The van der Waals surface area contributed by atoms with E-state index in [0.717, 1.165) is 116 Å². The van der Waals surface area contributed by atoms with Gasteiger partial charge in [0.1, 0.15) is 19.3 Å². The van der Waals surface area contributed by atoms with E-state index in [9.17, 15) is 43.2 Å². The summed E-state index contributed by atoms with van der Waals surface area (Å²) < 4.78 is 68.7. The van der Waals surface area contributed by atoms with Gasteiger partial charge < -0.3 is 33.8 Å². The van der Waals surface area contributed by atoms with Gasteiger partial charge in [0, 0.05) is 25.7 Å². The highest BCUT2D eigenvalue weighted by atomic mass is 31.2. The Labute approximate surface area is 634 Å². The molecule has 0 aromatic heterocycles. The molecule has 0 aliphatic rings. The molecule has 0 aliphatic heterocycles. The molecule has 19 heteroatoms. The van der Waals surface area contributed by atoms with Gasteiger partial charge in [0.15, 0.2) is 12.2 Å². The maximum atomic E-state index is 13.1. The van der Waals surface area contributed by atoms with Crippen molar-refractivity contribution in [3.8, 4) is 0 Å². The van der Waals surface area contributed by atoms with Gasteiger partial charge in [0.2, 0.25) is 0 Å². The van der Waals surface area contributed by atoms with Crippen LogP contribution in [0.1, 0.15) is 374 Å². The summed E-state index contributed by atoms with van der Waals surface area (Å²) in [7, 11) is -9.97. The van der Waals surface area contributed by atoms with E-state index < -0.39 is 97.5 Å². The minimum Gasteiger partial charge on any atom is -0.462 e. The van der Waals surface area contributed by atoms with Gasteiger partial charge >= 0.3 is 39.5 Å². The SMILES string of the molecule is CC/C=C\C/C=C\C/C=C\C/C=C\C/C=C\C/C=C\CCC(=O)O[C@H](COC(=O)CCCCCCCCC/C=C\CCCCCC)COP(=O)(O)OC[C@@H](O)COP(=O)(O)OC[C@@H](COC(=O)CCCCCCCCCCCCCCCCC)OC(=O)CCCCCCCCCCCCCCCCC. The number of allylic oxidation sites excluding steroid dienone is 14. The van der Waals surface area contributed by atoms with Crippen molar-refractivity contribution in [3.63, 3.8) is 0 Å². The third-order valence-electron chi connectivity index (χ3n) is 17.9. The molecule has 0 heterocycles. The number of aliphatic hydroxyl groups excluding tert-OH is 1. The molecular formula is C85H152O17P2. The summed E-state index contributed by atoms with van der Waals surface area (Å²) in [6.07, 6.45) is 81.3. The molecule has 104 heavy (non-hydrogen) atoms. The summed E-state index contributed by atoms with van der Waals surface area (Å²) in [5.74, 6) is -2.24. The highest BCUT2D eigenvalue weighted by molar-refractivity contribution is 7.47. The van der Waals surface area contributed by atoms with Crippen molar-refractivity contribution in [1.29, 1.82) is 0 Å².